The van der Waals surface area contributed by atoms with Gasteiger partial charge in [-0.3, -0.25) is 4.98 Å². The van der Waals surface area contributed by atoms with Crippen LogP contribution in [0.5, 0.6) is 0 Å². The molecule has 2 fully saturated rings. The van der Waals surface area contributed by atoms with Crippen LogP contribution in [-0.4, -0.2) is 53.3 Å². The molecule has 1 saturated carbocycles. The number of carbonyl (C=O) groups is 1. The fourth-order valence-corrected chi connectivity index (χ4v) is 5.75. The molecule has 2 aliphatic rings. The number of carbonyl (C=O) groups excluding carboxylic acids is 1. The van der Waals surface area contributed by atoms with Crippen molar-refractivity contribution in [2.45, 2.75) is 63.0 Å². The van der Waals surface area contributed by atoms with Crippen molar-refractivity contribution in [1.82, 2.24) is 4.98 Å². The second kappa shape index (κ2) is 10.1. The van der Waals surface area contributed by atoms with Crippen LogP contribution in [0.4, 0.5) is 0 Å². The Morgan fingerprint density at radius 1 is 1.09 bits per heavy atom. The number of aliphatic hydroxyl groups is 1. The van der Waals surface area contributed by atoms with E-state index >= 15 is 0 Å². The first-order valence-corrected chi connectivity index (χ1v) is 12.2. The molecule has 4 rings (SSSR count). The van der Waals surface area contributed by atoms with Crippen molar-refractivity contribution in [3.05, 3.63) is 66.0 Å². The van der Waals surface area contributed by atoms with Crippen LogP contribution in [0.1, 0.15) is 56.2 Å². The summed E-state index contributed by atoms with van der Waals surface area (Å²) in [6.45, 7) is 2.53. The normalized spacial score (nSPS) is 25.5. The number of nitrogens with zero attached hydrogens (tertiary/aromatic N) is 2. The molecular weight excluding hydrogens is 400 g/mol. The van der Waals surface area contributed by atoms with Crippen LogP contribution < -0.4 is 0 Å². The Bertz CT molecular complexity index is 869. The first-order valence-electron chi connectivity index (χ1n) is 12.2. The number of hydrogen-bond acceptors (Lipinski definition) is 4. The molecule has 5 nitrogen and oxygen atoms in total. The van der Waals surface area contributed by atoms with Gasteiger partial charge < -0.3 is 14.3 Å². The summed E-state index contributed by atoms with van der Waals surface area (Å²) in [6, 6.07) is 15.7. The summed E-state index contributed by atoms with van der Waals surface area (Å²) in [5, 5.41) is 11.6. The first-order chi connectivity index (χ1) is 15.5. The van der Waals surface area contributed by atoms with E-state index in [1.54, 1.807) is 0 Å². The van der Waals surface area contributed by atoms with Gasteiger partial charge >= 0.3 is 5.97 Å². The van der Waals surface area contributed by atoms with Gasteiger partial charge in [0.1, 0.15) is 12.6 Å². The van der Waals surface area contributed by atoms with E-state index in [1.807, 2.05) is 48.7 Å². The van der Waals surface area contributed by atoms with Gasteiger partial charge in [-0.15, -0.1) is 0 Å². The molecule has 0 amide bonds. The molecule has 3 atom stereocenters. The lowest BCUT2D eigenvalue weighted by molar-refractivity contribution is -0.921. The van der Waals surface area contributed by atoms with Gasteiger partial charge in [-0.1, -0.05) is 49.2 Å². The van der Waals surface area contributed by atoms with E-state index in [1.165, 1.54) is 0 Å². The molecule has 2 heterocycles. The van der Waals surface area contributed by atoms with Crippen LogP contribution in [-0.2, 0) is 21.6 Å². The predicted octanol–water partition coefficient (Wildman–Crippen LogP) is 4.24. The van der Waals surface area contributed by atoms with Crippen molar-refractivity contribution < 1.29 is 19.1 Å². The van der Waals surface area contributed by atoms with Crippen LogP contribution >= 0.6 is 0 Å². The molecule has 1 aliphatic heterocycles. The average molecular weight is 438 g/mol. The lowest BCUT2D eigenvalue weighted by Crippen LogP contribution is -2.52. The predicted molar refractivity (Wildman–Crippen MR) is 125 cm³/mol. The van der Waals surface area contributed by atoms with Crippen molar-refractivity contribution in [1.29, 1.82) is 0 Å². The van der Waals surface area contributed by atoms with Gasteiger partial charge in [-0.2, -0.15) is 0 Å². The van der Waals surface area contributed by atoms with Crippen molar-refractivity contribution in [3.63, 3.8) is 0 Å². The molecule has 1 N–H and O–H groups in total. The molecule has 2 aromatic rings. The van der Waals surface area contributed by atoms with E-state index in [2.05, 4.69) is 18.1 Å². The van der Waals surface area contributed by atoms with E-state index < -0.39 is 11.6 Å². The first kappa shape index (κ1) is 22.9. The molecule has 5 heteroatoms. The van der Waals surface area contributed by atoms with Gasteiger partial charge in [-0.05, 0) is 37.0 Å². The molecule has 1 saturated heterocycles. The van der Waals surface area contributed by atoms with Gasteiger partial charge in [0, 0.05) is 37.1 Å². The molecule has 1 aromatic carbocycles. The molecule has 0 bridgehead atoms. The SMILES string of the molecule is C[N+]1(CCCc2ccccn2)CCCC1COC(=O)[C@](O)(c1ccccc1)C1CCCC1. The number of rotatable bonds is 9. The topological polar surface area (TPSA) is 59.4 Å². The lowest BCUT2D eigenvalue weighted by atomic mass is 9.80. The van der Waals surface area contributed by atoms with Crippen molar-refractivity contribution in [2.24, 2.45) is 5.92 Å². The Balaban J connectivity index is 1.38. The van der Waals surface area contributed by atoms with Gasteiger partial charge in [0.15, 0.2) is 5.60 Å². The lowest BCUT2D eigenvalue weighted by Gasteiger charge is -2.37. The molecule has 1 aromatic heterocycles. The molecule has 2 unspecified atom stereocenters. The maximum absolute atomic E-state index is 13.3. The number of likely N-dealkylation sites (tertiary alicyclic amines) is 1. The second-order valence-electron chi connectivity index (χ2n) is 9.86. The van der Waals surface area contributed by atoms with Gasteiger partial charge in [-0.25, -0.2) is 4.79 Å². The largest absolute Gasteiger partial charge is 0.457 e. The maximum Gasteiger partial charge on any atom is 0.343 e. The molecule has 172 valence electrons. The van der Waals surface area contributed by atoms with Crippen LogP contribution in [0.3, 0.4) is 0 Å². The minimum absolute atomic E-state index is 0.0692. The standard InChI is InChI=1S/C27H37N2O3/c1-29(19-9-16-24-15-7-8-18-28-24)20-10-17-25(29)21-32-26(30)27(31,23-13-5-6-14-23)22-11-3-2-4-12-22/h2-4,7-8,11-12,15,18,23,25,31H,5-6,9-10,13-14,16-17,19-21H2,1H3/q+1/t25?,27-,29?/m0/s1. The Morgan fingerprint density at radius 2 is 1.84 bits per heavy atom. The molecule has 0 spiro atoms. The number of pyridine rings is 1. The van der Waals surface area contributed by atoms with Crippen molar-refractivity contribution >= 4 is 5.97 Å². The van der Waals surface area contributed by atoms with Crippen LogP contribution in [0.25, 0.3) is 0 Å². The number of benzene rings is 1. The third kappa shape index (κ3) is 4.89. The van der Waals surface area contributed by atoms with Crippen molar-refractivity contribution in [3.8, 4) is 0 Å². The number of likely N-dealkylation sites (N-methyl/N-ethyl adjacent to an activating group) is 1. The smallest absolute Gasteiger partial charge is 0.343 e. The number of hydrogen-bond donors (Lipinski definition) is 1. The Kier molecular flexibility index (Phi) is 7.27. The summed E-state index contributed by atoms with van der Waals surface area (Å²) in [5.41, 5.74) is 0.250. The number of aromatic nitrogens is 1. The maximum atomic E-state index is 13.3. The summed E-state index contributed by atoms with van der Waals surface area (Å²) in [7, 11) is 2.28. The Hall–Kier alpha value is -2.24. The molecule has 0 radical (unpaired) electrons. The molecule has 32 heavy (non-hydrogen) atoms. The fourth-order valence-electron chi connectivity index (χ4n) is 5.75. The highest BCUT2D eigenvalue weighted by molar-refractivity contribution is 5.81. The zero-order chi connectivity index (χ0) is 22.4. The minimum atomic E-state index is -1.54. The number of quaternary nitrogens is 1. The Labute approximate surface area is 192 Å². The summed E-state index contributed by atoms with van der Waals surface area (Å²) in [6.07, 6.45) is 9.93. The van der Waals surface area contributed by atoms with Gasteiger partial charge in [0.2, 0.25) is 0 Å². The fraction of sp³-hybridized carbons (Fsp3) is 0.556. The van der Waals surface area contributed by atoms with E-state index in [9.17, 15) is 9.90 Å². The van der Waals surface area contributed by atoms with Crippen LogP contribution in [0.2, 0.25) is 0 Å². The molecule has 1 aliphatic carbocycles. The van der Waals surface area contributed by atoms with Crippen molar-refractivity contribution in [2.75, 3.05) is 26.7 Å². The zero-order valence-electron chi connectivity index (χ0n) is 19.3. The number of aryl methyl sites for hydroxylation is 1. The highest BCUT2D eigenvalue weighted by atomic mass is 16.6. The average Bonchev–Trinajstić information content (AvgIpc) is 3.49. The number of esters is 1. The van der Waals surface area contributed by atoms with Gasteiger partial charge in [0.05, 0.1) is 20.1 Å². The monoisotopic (exact) mass is 437 g/mol. The highest BCUT2D eigenvalue weighted by Crippen LogP contribution is 2.41. The quantitative estimate of drug-likeness (QED) is 0.471. The third-order valence-corrected chi connectivity index (χ3v) is 7.79. The van der Waals surface area contributed by atoms with E-state index in [-0.39, 0.29) is 12.0 Å². The van der Waals surface area contributed by atoms with E-state index in [4.69, 9.17) is 4.74 Å². The third-order valence-electron chi connectivity index (χ3n) is 7.79. The summed E-state index contributed by atoms with van der Waals surface area (Å²) in [5.74, 6) is -0.539. The van der Waals surface area contributed by atoms with E-state index in [0.29, 0.717) is 12.2 Å². The number of ether oxygens (including phenoxy) is 1. The highest BCUT2D eigenvalue weighted by Gasteiger charge is 2.48. The van der Waals surface area contributed by atoms with E-state index in [0.717, 1.165) is 74.6 Å². The van der Waals surface area contributed by atoms with Gasteiger partial charge in [0.25, 0.3) is 0 Å². The summed E-state index contributed by atoms with van der Waals surface area (Å²) < 4.78 is 6.83. The summed E-state index contributed by atoms with van der Waals surface area (Å²) >= 11 is 0. The minimum Gasteiger partial charge on any atom is -0.457 e. The van der Waals surface area contributed by atoms with Crippen LogP contribution in [0.15, 0.2) is 54.7 Å². The Morgan fingerprint density at radius 3 is 2.56 bits per heavy atom. The van der Waals surface area contributed by atoms with Crippen LogP contribution in [0, 0.1) is 5.92 Å². The summed E-state index contributed by atoms with van der Waals surface area (Å²) in [4.78, 5) is 17.8. The zero-order valence-corrected chi connectivity index (χ0v) is 19.3. The molecular formula is C27H37N2O3+. The second-order valence-corrected chi connectivity index (χ2v) is 9.86.